The van der Waals surface area contributed by atoms with Crippen molar-refractivity contribution in [1.82, 2.24) is 15.2 Å². The summed E-state index contributed by atoms with van der Waals surface area (Å²) >= 11 is 1.69. The molecule has 2 rings (SSSR count). The Bertz CT molecular complexity index is 312. The minimum atomic E-state index is 0.306. The smallest absolute Gasteiger partial charge is 0.0794 e. The molecule has 0 aliphatic carbocycles. The summed E-state index contributed by atoms with van der Waals surface area (Å²) in [5.74, 6) is 0. The Hall–Kier alpha value is -0.450. The lowest BCUT2D eigenvalue weighted by Gasteiger charge is -2.41. The zero-order valence-corrected chi connectivity index (χ0v) is 11.0. The third kappa shape index (κ3) is 3.03. The Labute approximate surface area is 102 Å². The molecule has 1 aromatic heterocycles. The molecule has 0 radical (unpaired) electrons. The molecule has 1 aromatic rings. The molecule has 0 saturated carbocycles. The zero-order valence-electron chi connectivity index (χ0n) is 10.2. The van der Waals surface area contributed by atoms with Gasteiger partial charge < -0.3 is 5.32 Å². The van der Waals surface area contributed by atoms with Crippen molar-refractivity contribution >= 4 is 11.3 Å². The Balaban J connectivity index is 1.81. The van der Waals surface area contributed by atoms with Gasteiger partial charge in [-0.15, -0.1) is 11.3 Å². The van der Waals surface area contributed by atoms with Crippen molar-refractivity contribution in [3.8, 4) is 0 Å². The van der Waals surface area contributed by atoms with Crippen LogP contribution in [0.3, 0.4) is 0 Å². The van der Waals surface area contributed by atoms with E-state index in [-0.39, 0.29) is 0 Å². The van der Waals surface area contributed by atoms with E-state index in [4.69, 9.17) is 0 Å². The molecule has 2 heterocycles. The summed E-state index contributed by atoms with van der Waals surface area (Å²) in [4.78, 5) is 6.89. The Morgan fingerprint density at radius 1 is 1.62 bits per heavy atom. The van der Waals surface area contributed by atoms with E-state index in [1.165, 1.54) is 18.7 Å². The van der Waals surface area contributed by atoms with Crippen molar-refractivity contribution in [1.29, 1.82) is 0 Å². The number of piperazine rings is 1. The van der Waals surface area contributed by atoms with Crippen LogP contribution in [-0.2, 0) is 6.42 Å². The van der Waals surface area contributed by atoms with E-state index < -0.39 is 0 Å². The van der Waals surface area contributed by atoms with Gasteiger partial charge in [-0.1, -0.05) is 6.92 Å². The average molecular weight is 239 g/mol. The van der Waals surface area contributed by atoms with Crippen LogP contribution in [0, 0.1) is 0 Å². The summed E-state index contributed by atoms with van der Waals surface area (Å²) in [6.45, 7) is 9.16. The molecular formula is C12H21N3S. The summed E-state index contributed by atoms with van der Waals surface area (Å²) in [5, 5.41) is 5.77. The van der Waals surface area contributed by atoms with Crippen molar-refractivity contribution in [3.05, 3.63) is 16.6 Å². The molecular weight excluding hydrogens is 218 g/mol. The van der Waals surface area contributed by atoms with Crippen LogP contribution in [0.25, 0.3) is 0 Å². The third-order valence-corrected chi connectivity index (χ3v) is 4.14. The van der Waals surface area contributed by atoms with Crippen LogP contribution >= 0.6 is 11.3 Å². The third-order valence-electron chi connectivity index (χ3n) is 3.50. The highest BCUT2D eigenvalue weighted by molar-refractivity contribution is 7.07. The van der Waals surface area contributed by atoms with Gasteiger partial charge in [-0.05, 0) is 13.3 Å². The topological polar surface area (TPSA) is 28.2 Å². The largest absolute Gasteiger partial charge is 0.309 e. The van der Waals surface area contributed by atoms with Gasteiger partial charge in [0, 0.05) is 43.5 Å². The van der Waals surface area contributed by atoms with Crippen LogP contribution in [0.4, 0.5) is 0 Å². The first-order chi connectivity index (χ1) is 7.72. The molecule has 3 nitrogen and oxygen atoms in total. The Morgan fingerprint density at radius 2 is 2.50 bits per heavy atom. The van der Waals surface area contributed by atoms with E-state index in [0.29, 0.717) is 5.54 Å². The lowest BCUT2D eigenvalue weighted by molar-refractivity contribution is 0.141. The maximum Gasteiger partial charge on any atom is 0.0794 e. The minimum Gasteiger partial charge on any atom is -0.309 e. The fourth-order valence-electron chi connectivity index (χ4n) is 2.21. The predicted octanol–water partition coefficient (Wildman–Crippen LogP) is 1.76. The number of thiazole rings is 1. The van der Waals surface area contributed by atoms with Gasteiger partial charge >= 0.3 is 0 Å². The fraction of sp³-hybridized carbons (Fsp3) is 0.750. The average Bonchev–Trinajstić information content (AvgIpc) is 2.80. The van der Waals surface area contributed by atoms with E-state index in [9.17, 15) is 0 Å². The molecule has 1 atom stereocenters. The maximum atomic E-state index is 4.33. The van der Waals surface area contributed by atoms with Gasteiger partial charge in [0.1, 0.15) is 0 Å². The Morgan fingerprint density at radius 3 is 3.19 bits per heavy atom. The molecule has 16 heavy (non-hydrogen) atoms. The van der Waals surface area contributed by atoms with Gasteiger partial charge in [0.15, 0.2) is 0 Å². The molecule has 0 spiro atoms. The Kier molecular flexibility index (Phi) is 3.95. The first-order valence-electron chi connectivity index (χ1n) is 6.06. The summed E-state index contributed by atoms with van der Waals surface area (Å²) in [6.07, 6.45) is 2.28. The van der Waals surface area contributed by atoms with Gasteiger partial charge in [0.05, 0.1) is 11.2 Å². The van der Waals surface area contributed by atoms with E-state index in [1.54, 1.807) is 11.3 Å². The highest BCUT2D eigenvalue weighted by Gasteiger charge is 2.28. The van der Waals surface area contributed by atoms with Crippen LogP contribution in [0.15, 0.2) is 10.9 Å². The van der Waals surface area contributed by atoms with Gasteiger partial charge in [0.2, 0.25) is 0 Å². The molecule has 1 aliphatic heterocycles. The van der Waals surface area contributed by atoms with Crippen LogP contribution in [0.2, 0.25) is 0 Å². The maximum absolute atomic E-state index is 4.33. The van der Waals surface area contributed by atoms with Crippen LogP contribution in [-0.4, -0.2) is 41.6 Å². The van der Waals surface area contributed by atoms with E-state index in [0.717, 1.165) is 26.1 Å². The van der Waals surface area contributed by atoms with Crippen molar-refractivity contribution in [2.24, 2.45) is 0 Å². The molecule has 90 valence electrons. The molecule has 1 aliphatic rings. The number of hydrogen-bond donors (Lipinski definition) is 1. The second-order valence-corrected chi connectivity index (χ2v) is 5.57. The first kappa shape index (κ1) is 12.0. The monoisotopic (exact) mass is 239 g/mol. The number of aromatic nitrogens is 1. The standard InChI is InChI=1S/C12H21N3S/c1-3-12(2)9-15(7-5-14-12)6-4-11-8-16-10-13-11/h8,10,14H,3-7,9H2,1-2H3. The van der Waals surface area contributed by atoms with Gasteiger partial charge in [0.25, 0.3) is 0 Å². The lowest BCUT2D eigenvalue weighted by Crippen LogP contribution is -2.58. The van der Waals surface area contributed by atoms with Gasteiger partial charge in [-0.25, -0.2) is 4.98 Å². The summed E-state index contributed by atoms with van der Waals surface area (Å²) < 4.78 is 0. The number of hydrogen-bond acceptors (Lipinski definition) is 4. The summed E-state index contributed by atoms with van der Waals surface area (Å²) in [7, 11) is 0. The van der Waals surface area contributed by atoms with Gasteiger partial charge in [-0.3, -0.25) is 4.90 Å². The molecule has 1 unspecified atom stereocenters. The second-order valence-electron chi connectivity index (χ2n) is 4.85. The van der Waals surface area contributed by atoms with Crippen molar-refractivity contribution in [2.45, 2.75) is 32.2 Å². The van der Waals surface area contributed by atoms with Crippen LogP contribution in [0.1, 0.15) is 26.0 Å². The molecule has 0 aromatic carbocycles. The highest BCUT2D eigenvalue weighted by atomic mass is 32.1. The molecule has 4 heteroatoms. The zero-order chi connectivity index (χ0) is 11.4. The van der Waals surface area contributed by atoms with Crippen molar-refractivity contribution in [2.75, 3.05) is 26.2 Å². The summed E-state index contributed by atoms with van der Waals surface area (Å²) in [5.41, 5.74) is 3.46. The fourth-order valence-corrected chi connectivity index (χ4v) is 2.80. The SMILES string of the molecule is CCC1(C)CN(CCc2cscn2)CCN1. The molecule has 1 N–H and O–H groups in total. The van der Waals surface area contributed by atoms with E-state index in [2.05, 4.69) is 34.4 Å². The van der Waals surface area contributed by atoms with Gasteiger partial charge in [-0.2, -0.15) is 0 Å². The quantitative estimate of drug-likeness (QED) is 0.868. The second kappa shape index (κ2) is 5.25. The molecule has 1 fully saturated rings. The minimum absolute atomic E-state index is 0.306. The van der Waals surface area contributed by atoms with E-state index in [1.807, 2.05) is 5.51 Å². The van der Waals surface area contributed by atoms with Crippen LogP contribution in [0.5, 0.6) is 0 Å². The molecule has 1 saturated heterocycles. The normalized spacial score (nSPS) is 27.1. The predicted molar refractivity (Wildman–Crippen MR) is 69.0 cm³/mol. The lowest BCUT2D eigenvalue weighted by atomic mass is 9.96. The highest BCUT2D eigenvalue weighted by Crippen LogP contribution is 2.15. The van der Waals surface area contributed by atoms with E-state index >= 15 is 0 Å². The van der Waals surface area contributed by atoms with Crippen molar-refractivity contribution < 1.29 is 0 Å². The summed E-state index contributed by atoms with van der Waals surface area (Å²) in [6, 6.07) is 0. The molecule has 0 amide bonds. The number of nitrogens with one attached hydrogen (secondary N) is 1. The molecule has 0 bridgehead atoms. The first-order valence-corrected chi connectivity index (χ1v) is 7.00. The number of nitrogens with zero attached hydrogens (tertiary/aromatic N) is 2. The van der Waals surface area contributed by atoms with Crippen molar-refractivity contribution in [3.63, 3.8) is 0 Å². The number of rotatable bonds is 4. The van der Waals surface area contributed by atoms with Crippen LogP contribution < -0.4 is 5.32 Å².